The minimum Gasteiger partial charge on any atom is -0.378 e. The molecule has 1 rings (SSSR count). The molecule has 0 spiro atoms. The predicted octanol–water partition coefficient (Wildman–Crippen LogP) is 5.11. The Balaban J connectivity index is 2.74. The van der Waals surface area contributed by atoms with Crippen molar-refractivity contribution in [2.45, 2.75) is 117 Å². The van der Waals surface area contributed by atoms with E-state index in [1.165, 1.54) is 25.7 Å². The van der Waals surface area contributed by atoms with Crippen LogP contribution in [0.5, 0.6) is 0 Å². The van der Waals surface area contributed by atoms with Gasteiger partial charge in [0, 0.05) is 6.00 Å². The fourth-order valence-electron chi connectivity index (χ4n) is 3.60. The van der Waals surface area contributed by atoms with E-state index >= 15 is 0 Å². The van der Waals surface area contributed by atoms with Crippen molar-refractivity contribution in [3.8, 4) is 0 Å². The number of hydrogen-bond acceptors (Lipinski definition) is 5. The third kappa shape index (κ3) is 9.91. The maximum absolute atomic E-state index is 12.0. The van der Waals surface area contributed by atoms with Crippen LogP contribution >= 0.6 is 7.82 Å². The smallest absolute Gasteiger partial charge is 0.378 e. The normalized spacial score (nSPS) is 25.3. The SMILES string of the molecule is CCCCB(CCCC)[C@H]1CC(OC(C)C)[C@@H](COP(=O)(O)OC(C)C)O1. The van der Waals surface area contributed by atoms with E-state index in [4.69, 9.17) is 18.5 Å². The molecule has 0 aliphatic carbocycles. The monoisotopic (exact) mass is 406 g/mol. The summed E-state index contributed by atoms with van der Waals surface area (Å²) in [5.74, 6) is 0. The molecule has 27 heavy (non-hydrogen) atoms. The summed E-state index contributed by atoms with van der Waals surface area (Å²) in [4.78, 5) is 9.84. The van der Waals surface area contributed by atoms with Crippen LogP contribution in [-0.4, -0.2) is 48.6 Å². The highest BCUT2D eigenvalue weighted by Crippen LogP contribution is 2.45. The van der Waals surface area contributed by atoms with Crippen LogP contribution in [0.2, 0.25) is 12.6 Å². The first-order chi connectivity index (χ1) is 12.7. The summed E-state index contributed by atoms with van der Waals surface area (Å²) in [6.07, 6.45) is 7.06. The van der Waals surface area contributed by atoms with Gasteiger partial charge in [0.15, 0.2) is 6.71 Å². The van der Waals surface area contributed by atoms with Crippen molar-refractivity contribution in [1.29, 1.82) is 0 Å². The summed E-state index contributed by atoms with van der Waals surface area (Å²) in [7, 11) is -4.08. The van der Waals surface area contributed by atoms with Crippen LogP contribution in [0.25, 0.3) is 0 Å². The molecule has 2 unspecified atom stereocenters. The first-order valence-corrected chi connectivity index (χ1v) is 12.1. The number of unbranched alkanes of at least 4 members (excludes halogenated alkanes) is 2. The first-order valence-electron chi connectivity index (χ1n) is 10.6. The number of phosphoric ester groups is 1. The molecule has 8 heteroatoms. The summed E-state index contributed by atoms with van der Waals surface area (Å²) in [5.41, 5.74) is 0. The van der Waals surface area contributed by atoms with Crippen LogP contribution in [0.3, 0.4) is 0 Å². The highest BCUT2D eigenvalue weighted by molar-refractivity contribution is 7.47. The van der Waals surface area contributed by atoms with Gasteiger partial charge in [0.2, 0.25) is 0 Å². The molecule has 0 bridgehead atoms. The fourth-order valence-corrected chi connectivity index (χ4v) is 4.53. The van der Waals surface area contributed by atoms with Crippen molar-refractivity contribution < 1.29 is 28.0 Å². The molecule has 0 amide bonds. The Bertz CT molecular complexity index is 440. The van der Waals surface area contributed by atoms with Gasteiger partial charge in [-0.25, -0.2) is 4.57 Å². The molecule has 1 saturated heterocycles. The van der Waals surface area contributed by atoms with Gasteiger partial charge in [-0.3, -0.25) is 9.05 Å². The average molecular weight is 406 g/mol. The van der Waals surface area contributed by atoms with Gasteiger partial charge in [0.1, 0.15) is 6.10 Å². The minimum absolute atomic E-state index is 0.00264. The average Bonchev–Trinajstić information content (AvgIpc) is 2.94. The van der Waals surface area contributed by atoms with Crippen molar-refractivity contribution in [2.75, 3.05) is 6.61 Å². The van der Waals surface area contributed by atoms with Gasteiger partial charge in [0.05, 0.1) is 24.9 Å². The zero-order valence-corrected chi connectivity index (χ0v) is 19.0. The van der Waals surface area contributed by atoms with Crippen molar-refractivity contribution >= 4 is 14.5 Å². The van der Waals surface area contributed by atoms with Crippen molar-refractivity contribution in [1.82, 2.24) is 0 Å². The van der Waals surface area contributed by atoms with Gasteiger partial charge in [-0.1, -0.05) is 52.2 Å². The third-order valence-corrected chi connectivity index (χ3v) is 5.97. The number of ether oxygens (including phenoxy) is 2. The van der Waals surface area contributed by atoms with E-state index in [1.807, 2.05) is 13.8 Å². The molecular formula is C19H40BO6P. The molecule has 1 N–H and O–H groups in total. The summed E-state index contributed by atoms with van der Waals surface area (Å²) in [6.45, 7) is 12.3. The van der Waals surface area contributed by atoms with Gasteiger partial charge in [-0.2, -0.15) is 0 Å². The molecule has 1 aliphatic heterocycles. The van der Waals surface area contributed by atoms with Crippen LogP contribution in [-0.2, 0) is 23.1 Å². The highest BCUT2D eigenvalue weighted by atomic mass is 31.2. The predicted molar refractivity (Wildman–Crippen MR) is 110 cm³/mol. The fraction of sp³-hybridized carbons (Fsp3) is 1.00. The molecule has 0 aromatic carbocycles. The van der Waals surface area contributed by atoms with Crippen LogP contribution in [0.15, 0.2) is 0 Å². The summed E-state index contributed by atoms with van der Waals surface area (Å²) >= 11 is 0. The number of rotatable bonds is 14. The second-order valence-electron chi connectivity index (χ2n) is 8.14. The molecule has 0 aromatic rings. The summed E-state index contributed by atoms with van der Waals surface area (Å²) < 4.78 is 34.6. The van der Waals surface area contributed by atoms with Crippen molar-refractivity contribution in [3.05, 3.63) is 0 Å². The Labute approximate surface area is 166 Å². The van der Waals surface area contributed by atoms with Crippen LogP contribution in [0.1, 0.15) is 73.6 Å². The van der Waals surface area contributed by atoms with E-state index in [9.17, 15) is 9.46 Å². The highest BCUT2D eigenvalue weighted by Gasteiger charge is 2.42. The topological polar surface area (TPSA) is 74.2 Å². The van der Waals surface area contributed by atoms with Crippen LogP contribution < -0.4 is 0 Å². The molecule has 1 heterocycles. The maximum Gasteiger partial charge on any atom is 0.472 e. The lowest BCUT2D eigenvalue weighted by atomic mass is 9.39. The standard InChI is InChI=1S/C19H40BO6P/c1-7-9-11-20(12-10-8-2)19-13-17(24-15(3)4)18(25-19)14-23-27(21,22)26-16(5)6/h15-19H,7-14H2,1-6H3,(H,21,22)/t17?,18-,19-/m1/s1. The zero-order chi connectivity index (χ0) is 20.4. The first kappa shape index (κ1) is 25.1. The number of phosphoric acid groups is 1. The molecule has 1 aliphatic rings. The largest absolute Gasteiger partial charge is 0.472 e. The summed E-state index contributed by atoms with van der Waals surface area (Å²) in [5, 5.41) is 0. The lowest BCUT2D eigenvalue weighted by Crippen LogP contribution is -2.32. The minimum atomic E-state index is -4.08. The summed E-state index contributed by atoms with van der Waals surface area (Å²) in [6, 6.07) is 0.115. The van der Waals surface area contributed by atoms with E-state index < -0.39 is 7.82 Å². The Kier molecular flexibility index (Phi) is 11.7. The Morgan fingerprint density at radius 2 is 1.70 bits per heavy atom. The molecule has 6 nitrogen and oxygen atoms in total. The van der Waals surface area contributed by atoms with E-state index in [0.29, 0.717) is 6.71 Å². The molecule has 4 atom stereocenters. The lowest BCUT2D eigenvalue weighted by Gasteiger charge is -2.23. The maximum atomic E-state index is 12.0. The molecule has 0 aromatic heterocycles. The Morgan fingerprint density at radius 3 is 2.19 bits per heavy atom. The molecule has 1 fully saturated rings. The molecule has 0 saturated carbocycles. The lowest BCUT2D eigenvalue weighted by molar-refractivity contribution is -0.0593. The molecule has 0 radical (unpaired) electrons. The van der Waals surface area contributed by atoms with E-state index in [1.54, 1.807) is 13.8 Å². The van der Waals surface area contributed by atoms with Crippen LogP contribution in [0, 0.1) is 0 Å². The van der Waals surface area contributed by atoms with E-state index in [2.05, 4.69) is 13.8 Å². The van der Waals surface area contributed by atoms with Gasteiger partial charge >= 0.3 is 7.82 Å². The van der Waals surface area contributed by atoms with Gasteiger partial charge in [-0.05, 0) is 34.1 Å². The van der Waals surface area contributed by atoms with Crippen molar-refractivity contribution in [2.24, 2.45) is 0 Å². The van der Waals surface area contributed by atoms with Gasteiger partial charge < -0.3 is 14.4 Å². The van der Waals surface area contributed by atoms with Crippen molar-refractivity contribution in [3.63, 3.8) is 0 Å². The van der Waals surface area contributed by atoms with E-state index in [0.717, 1.165) is 19.1 Å². The molecular weight excluding hydrogens is 366 g/mol. The second kappa shape index (κ2) is 12.6. The van der Waals surface area contributed by atoms with Crippen LogP contribution in [0.4, 0.5) is 0 Å². The Morgan fingerprint density at radius 1 is 1.11 bits per heavy atom. The molecule has 160 valence electrons. The Hall–Kier alpha value is 0.0949. The van der Waals surface area contributed by atoms with E-state index in [-0.39, 0.29) is 37.0 Å². The third-order valence-electron chi connectivity index (χ3n) is 4.80. The number of hydrogen-bond donors (Lipinski definition) is 1. The zero-order valence-electron chi connectivity index (χ0n) is 18.1. The quantitative estimate of drug-likeness (QED) is 0.319. The van der Waals surface area contributed by atoms with Gasteiger partial charge in [-0.15, -0.1) is 0 Å². The second-order valence-corrected chi connectivity index (χ2v) is 9.54. The van der Waals surface area contributed by atoms with Gasteiger partial charge in [0.25, 0.3) is 0 Å².